The van der Waals surface area contributed by atoms with E-state index in [1.165, 1.54) is 6.07 Å². The van der Waals surface area contributed by atoms with E-state index in [1.54, 1.807) is 16.7 Å². The van der Waals surface area contributed by atoms with Gasteiger partial charge in [0.2, 0.25) is 0 Å². The Morgan fingerprint density at radius 1 is 1.03 bits per heavy atom. The molecule has 0 unspecified atom stereocenters. The Hall–Kier alpha value is -3.36. The van der Waals surface area contributed by atoms with E-state index in [-0.39, 0.29) is 30.9 Å². The van der Waals surface area contributed by atoms with Gasteiger partial charge in [-0.15, -0.1) is 0 Å². The summed E-state index contributed by atoms with van der Waals surface area (Å²) in [6, 6.07) is 7.12. The average Bonchev–Trinajstić information content (AvgIpc) is 2.75. The first-order valence-electron chi connectivity index (χ1n) is 11.0. The summed E-state index contributed by atoms with van der Waals surface area (Å²) < 4.78 is 16.3. The monoisotopic (exact) mass is 457 g/mol. The number of ether oxygens (including phenoxy) is 3. The summed E-state index contributed by atoms with van der Waals surface area (Å²) in [6.45, 7) is 10.7. The Morgan fingerprint density at radius 3 is 2.33 bits per heavy atom. The van der Waals surface area contributed by atoms with Crippen LogP contribution in [0, 0.1) is 6.92 Å². The molecule has 33 heavy (non-hydrogen) atoms. The molecule has 1 fully saturated rings. The zero-order chi connectivity index (χ0) is 24.2. The van der Waals surface area contributed by atoms with Crippen LogP contribution in [0.4, 0.5) is 4.79 Å². The summed E-state index contributed by atoms with van der Waals surface area (Å²) >= 11 is 0. The number of piperazine rings is 1. The maximum Gasteiger partial charge on any atom is 0.410 e. The largest absolute Gasteiger partial charge is 0.483 e. The van der Waals surface area contributed by atoms with Gasteiger partial charge in [0.25, 0.3) is 5.91 Å². The Bertz CT molecular complexity index is 1040. The van der Waals surface area contributed by atoms with Crippen LogP contribution >= 0.6 is 0 Å². The van der Waals surface area contributed by atoms with Crippen molar-refractivity contribution < 1.29 is 28.6 Å². The minimum Gasteiger partial charge on any atom is -0.483 e. The smallest absolute Gasteiger partial charge is 0.410 e. The van der Waals surface area contributed by atoms with E-state index in [2.05, 4.69) is 4.98 Å². The Labute approximate surface area is 193 Å². The minimum absolute atomic E-state index is 0.128. The van der Waals surface area contributed by atoms with Crippen molar-refractivity contribution in [2.45, 2.75) is 40.2 Å². The summed E-state index contributed by atoms with van der Waals surface area (Å²) in [6.07, 6.45) is -0.379. The molecule has 0 aliphatic carbocycles. The van der Waals surface area contributed by atoms with Gasteiger partial charge in [0, 0.05) is 37.6 Å². The number of esters is 1. The molecule has 0 spiro atoms. The molecule has 2 amide bonds. The molecule has 1 aliphatic rings. The van der Waals surface area contributed by atoms with Gasteiger partial charge in [0.05, 0.1) is 12.1 Å². The van der Waals surface area contributed by atoms with Gasteiger partial charge >= 0.3 is 12.1 Å². The lowest BCUT2D eigenvalue weighted by Crippen LogP contribution is -2.52. The summed E-state index contributed by atoms with van der Waals surface area (Å²) in [5.41, 5.74) is 1.14. The van der Waals surface area contributed by atoms with E-state index >= 15 is 0 Å². The normalized spacial score (nSPS) is 14.2. The highest BCUT2D eigenvalue weighted by molar-refractivity contribution is 5.94. The SMILES string of the molecule is CCOC(=O)c1cc(OCC(=O)N2CCN(C(=O)OC(C)(C)C)CC2)c2ccc(C)cc2n1. The van der Waals surface area contributed by atoms with Crippen molar-refractivity contribution >= 4 is 28.9 Å². The molecule has 3 rings (SSSR count). The number of hydrogen-bond acceptors (Lipinski definition) is 7. The molecule has 1 saturated heterocycles. The molecule has 2 heterocycles. The van der Waals surface area contributed by atoms with Crippen LogP contribution in [0.5, 0.6) is 5.75 Å². The van der Waals surface area contributed by atoms with Crippen molar-refractivity contribution in [2.24, 2.45) is 0 Å². The quantitative estimate of drug-likeness (QED) is 0.636. The number of pyridine rings is 1. The fourth-order valence-electron chi connectivity index (χ4n) is 3.43. The van der Waals surface area contributed by atoms with E-state index in [4.69, 9.17) is 14.2 Å². The molecular formula is C24H31N3O6. The van der Waals surface area contributed by atoms with Crippen molar-refractivity contribution in [3.8, 4) is 5.75 Å². The average molecular weight is 458 g/mol. The molecular weight excluding hydrogens is 426 g/mol. The fourth-order valence-corrected chi connectivity index (χ4v) is 3.43. The van der Waals surface area contributed by atoms with E-state index in [0.717, 1.165) is 5.56 Å². The van der Waals surface area contributed by atoms with Crippen LogP contribution in [0.15, 0.2) is 24.3 Å². The predicted molar refractivity (Wildman–Crippen MR) is 122 cm³/mol. The number of amides is 2. The van der Waals surface area contributed by atoms with Gasteiger partial charge in [-0.2, -0.15) is 0 Å². The van der Waals surface area contributed by atoms with Gasteiger partial charge in [-0.3, -0.25) is 4.79 Å². The highest BCUT2D eigenvalue weighted by Gasteiger charge is 2.28. The fraction of sp³-hybridized carbons (Fsp3) is 0.500. The number of carbonyl (C=O) groups is 3. The van der Waals surface area contributed by atoms with E-state index in [1.807, 2.05) is 45.9 Å². The maximum absolute atomic E-state index is 12.7. The van der Waals surface area contributed by atoms with E-state index in [9.17, 15) is 14.4 Å². The molecule has 0 bridgehead atoms. The Morgan fingerprint density at radius 2 is 1.70 bits per heavy atom. The number of rotatable bonds is 5. The second-order valence-corrected chi connectivity index (χ2v) is 8.88. The van der Waals surface area contributed by atoms with Crippen molar-refractivity contribution in [1.29, 1.82) is 0 Å². The molecule has 1 aromatic heterocycles. The van der Waals surface area contributed by atoms with Crippen LogP contribution in [-0.4, -0.2) is 77.7 Å². The van der Waals surface area contributed by atoms with Crippen LogP contribution in [-0.2, 0) is 14.3 Å². The van der Waals surface area contributed by atoms with Crippen LogP contribution in [0.3, 0.4) is 0 Å². The predicted octanol–water partition coefficient (Wildman–Crippen LogP) is 3.18. The number of aromatic nitrogens is 1. The molecule has 9 heteroatoms. The van der Waals surface area contributed by atoms with Crippen molar-refractivity contribution in [1.82, 2.24) is 14.8 Å². The molecule has 0 atom stereocenters. The Balaban J connectivity index is 1.66. The third-order valence-corrected chi connectivity index (χ3v) is 5.05. The highest BCUT2D eigenvalue weighted by atomic mass is 16.6. The third kappa shape index (κ3) is 6.34. The first-order chi connectivity index (χ1) is 15.6. The summed E-state index contributed by atoms with van der Waals surface area (Å²) in [5.74, 6) is -0.354. The third-order valence-electron chi connectivity index (χ3n) is 5.05. The van der Waals surface area contributed by atoms with Gasteiger partial charge in [0.1, 0.15) is 11.4 Å². The van der Waals surface area contributed by atoms with Gasteiger partial charge in [-0.1, -0.05) is 6.07 Å². The van der Waals surface area contributed by atoms with Gasteiger partial charge in [-0.05, 0) is 52.3 Å². The van der Waals surface area contributed by atoms with Crippen LogP contribution in [0.1, 0.15) is 43.7 Å². The van der Waals surface area contributed by atoms with E-state index < -0.39 is 11.6 Å². The highest BCUT2D eigenvalue weighted by Crippen LogP contribution is 2.27. The number of benzene rings is 1. The topological polar surface area (TPSA) is 98.3 Å². The van der Waals surface area contributed by atoms with Crippen molar-refractivity contribution in [2.75, 3.05) is 39.4 Å². The zero-order valence-corrected chi connectivity index (χ0v) is 19.8. The first-order valence-corrected chi connectivity index (χ1v) is 11.0. The standard InChI is InChI=1S/C24H31N3O6/c1-6-31-22(29)19-14-20(17-8-7-16(2)13-18(17)25-19)32-15-21(28)26-9-11-27(12-10-26)23(30)33-24(3,4)5/h7-8,13-14H,6,9-12,15H2,1-5H3. The van der Waals surface area contributed by atoms with E-state index in [0.29, 0.717) is 42.8 Å². The number of fused-ring (bicyclic) bond motifs is 1. The molecule has 1 aliphatic heterocycles. The van der Waals surface area contributed by atoms with Crippen LogP contribution in [0.25, 0.3) is 10.9 Å². The van der Waals surface area contributed by atoms with Crippen LogP contribution in [0.2, 0.25) is 0 Å². The number of nitrogens with zero attached hydrogens (tertiary/aromatic N) is 3. The summed E-state index contributed by atoms with van der Waals surface area (Å²) in [5, 5.41) is 0.705. The van der Waals surface area contributed by atoms with Gasteiger partial charge < -0.3 is 24.0 Å². The molecule has 0 saturated carbocycles. The summed E-state index contributed by atoms with van der Waals surface area (Å²) in [7, 11) is 0. The van der Waals surface area contributed by atoms with Crippen LogP contribution < -0.4 is 4.74 Å². The number of hydrogen-bond donors (Lipinski definition) is 0. The molecule has 2 aromatic rings. The second-order valence-electron chi connectivity index (χ2n) is 8.88. The lowest BCUT2D eigenvalue weighted by molar-refractivity contribution is -0.135. The molecule has 0 radical (unpaired) electrons. The van der Waals surface area contributed by atoms with Gasteiger partial charge in [0.15, 0.2) is 12.3 Å². The molecule has 9 nitrogen and oxygen atoms in total. The lowest BCUT2D eigenvalue weighted by atomic mass is 10.1. The zero-order valence-electron chi connectivity index (χ0n) is 19.8. The number of carbonyl (C=O) groups excluding carboxylic acids is 3. The minimum atomic E-state index is -0.563. The second kappa shape index (κ2) is 10.1. The number of aryl methyl sites for hydroxylation is 1. The van der Waals surface area contributed by atoms with Gasteiger partial charge in [-0.25, -0.2) is 14.6 Å². The summed E-state index contributed by atoms with van der Waals surface area (Å²) in [4.78, 5) is 44.8. The lowest BCUT2D eigenvalue weighted by Gasteiger charge is -2.35. The molecule has 0 N–H and O–H groups in total. The maximum atomic E-state index is 12.7. The molecule has 1 aromatic carbocycles. The first kappa shape index (κ1) is 24.3. The Kier molecular flexibility index (Phi) is 7.40. The van der Waals surface area contributed by atoms with Crippen molar-refractivity contribution in [3.63, 3.8) is 0 Å². The molecule has 178 valence electrons. The van der Waals surface area contributed by atoms with Crippen molar-refractivity contribution in [3.05, 3.63) is 35.5 Å².